The lowest BCUT2D eigenvalue weighted by molar-refractivity contribution is -0.142. The van der Waals surface area contributed by atoms with Gasteiger partial charge in [0.1, 0.15) is 0 Å². The highest BCUT2D eigenvalue weighted by Crippen LogP contribution is 2.45. The average molecular weight is 927 g/mol. The maximum Gasteiger partial charge on any atom is 0.417 e. The van der Waals surface area contributed by atoms with Gasteiger partial charge in [-0.1, -0.05) is 158 Å². The first-order valence-corrected chi connectivity index (χ1v) is 22.5. The Morgan fingerprint density at radius 1 is 0.314 bits per heavy atom. The van der Waals surface area contributed by atoms with Gasteiger partial charge in [-0.05, 0) is 71.8 Å². The summed E-state index contributed by atoms with van der Waals surface area (Å²) in [5.41, 5.74) is 7.96. The van der Waals surface area contributed by atoms with Crippen LogP contribution in [-0.2, 0) is 12.4 Å². The summed E-state index contributed by atoms with van der Waals surface area (Å²) < 4.78 is 89.7. The smallest absolute Gasteiger partial charge is 0.309 e. The zero-order valence-electron chi connectivity index (χ0n) is 36.8. The summed E-state index contributed by atoms with van der Waals surface area (Å²) in [7, 11) is 0. The summed E-state index contributed by atoms with van der Waals surface area (Å²) in [6, 6.07) is 67.2. The van der Waals surface area contributed by atoms with Crippen LogP contribution in [0.3, 0.4) is 0 Å². The molecular weight excluding hydrogens is 891 g/mol. The second-order valence-corrected chi connectivity index (χ2v) is 17.2. The normalized spacial score (nSPS) is 12.1. The van der Waals surface area contributed by atoms with Crippen LogP contribution < -0.4 is 0 Å². The molecule has 3 heterocycles. The third kappa shape index (κ3) is 7.27. The maximum absolute atomic E-state index is 14.6. The summed E-state index contributed by atoms with van der Waals surface area (Å²) in [4.78, 5) is 10.2. The van der Waals surface area contributed by atoms with Crippen LogP contribution in [0.4, 0.5) is 26.3 Å². The number of hydrogen-bond donors (Lipinski definition) is 0. The standard InChI is InChI=1S/C60H36F6N4/c61-59(62,63)41-29-31-42(49(35-41)60(64,65)66)39-28-32-56-48(33-39)46-22-10-14-26-55(46)70(56)57-34-40(51-36-50(37-15-3-1-4-16-37)67-58(68-51)38-17-5-2-6-18-38)27-30-47(57)45-21-9-13-25-54(45)69-52-23-11-7-19-43(52)44-20-8-12-24-53(44)69/h1-36H. The van der Waals surface area contributed by atoms with Crippen molar-refractivity contribution < 1.29 is 26.3 Å². The molecule has 3 aromatic heterocycles. The zero-order valence-corrected chi connectivity index (χ0v) is 36.8. The Labute approximate surface area is 397 Å². The van der Waals surface area contributed by atoms with Crippen molar-refractivity contribution in [2.45, 2.75) is 12.4 Å². The predicted octanol–water partition coefficient (Wildman–Crippen LogP) is 17.0. The van der Waals surface area contributed by atoms with E-state index in [0.29, 0.717) is 28.5 Å². The van der Waals surface area contributed by atoms with E-state index >= 15 is 0 Å². The SMILES string of the molecule is FC(F)(F)c1ccc(-c2ccc3c(c2)c2ccccc2n3-c2cc(-c3cc(-c4ccccc4)nc(-c4ccccc4)n3)ccc2-c2ccccc2-n2c3ccccc3c3ccccc32)c(C(F)(F)F)c1. The highest BCUT2D eigenvalue weighted by Gasteiger charge is 2.38. The molecule has 12 aromatic rings. The minimum atomic E-state index is -5.06. The first kappa shape index (κ1) is 42.6. The van der Waals surface area contributed by atoms with Crippen molar-refractivity contribution in [2.75, 3.05) is 0 Å². The molecule has 0 saturated carbocycles. The summed E-state index contributed by atoms with van der Waals surface area (Å²) in [5, 5.41) is 3.57. The minimum Gasteiger partial charge on any atom is -0.309 e. The molecule has 0 saturated heterocycles. The first-order chi connectivity index (χ1) is 34.0. The Hall–Kier alpha value is -8.76. The largest absolute Gasteiger partial charge is 0.417 e. The fraction of sp³-hybridized carbons (Fsp3) is 0.0333. The van der Waals surface area contributed by atoms with Gasteiger partial charge in [-0.2, -0.15) is 26.3 Å². The van der Waals surface area contributed by atoms with Crippen molar-refractivity contribution in [3.05, 3.63) is 230 Å². The Bertz CT molecular complexity index is 3870. The van der Waals surface area contributed by atoms with Crippen LogP contribution in [0.25, 0.3) is 111 Å². The van der Waals surface area contributed by atoms with Crippen molar-refractivity contribution in [3.8, 4) is 67.5 Å². The van der Waals surface area contributed by atoms with Gasteiger partial charge in [-0.3, -0.25) is 0 Å². The van der Waals surface area contributed by atoms with Crippen molar-refractivity contribution in [1.82, 2.24) is 19.1 Å². The third-order valence-corrected chi connectivity index (χ3v) is 13.0. The average Bonchev–Trinajstić information content (AvgIpc) is 3.91. The third-order valence-electron chi connectivity index (χ3n) is 13.0. The molecule has 338 valence electrons. The Morgan fingerprint density at radius 2 is 0.800 bits per heavy atom. The molecule has 0 unspecified atom stereocenters. The van der Waals surface area contributed by atoms with E-state index in [9.17, 15) is 26.3 Å². The van der Waals surface area contributed by atoms with Gasteiger partial charge in [-0.25, -0.2) is 9.97 Å². The van der Waals surface area contributed by atoms with E-state index in [1.807, 2.05) is 127 Å². The van der Waals surface area contributed by atoms with Gasteiger partial charge < -0.3 is 9.13 Å². The quantitative estimate of drug-likeness (QED) is 0.149. The number of aromatic nitrogens is 4. The Morgan fingerprint density at radius 3 is 1.43 bits per heavy atom. The van der Waals surface area contributed by atoms with Crippen LogP contribution in [0, 0.1) is 0 Å². The number of halogens is 6. The molecule has 0 spiro atoms. The molecule has 0 fully saturated rings. The van der Waals surface area contributed by atoms with Crippen molar-refractivity contribution in [3.63, 3.8) is 0 Å². The van der Waals surface area contributed by atoms with E-state index in [1.165, 1.54) is 0 Å². The van der Waals surface area contributed by atoms with Gasteiger partial charge in [-0.15, -0.1) is 0 Å². The second kappa shape index (κ2) is 16.5. The van der Waals surface area contributed by atoms with Gasteiger partial charge in [0.05, 0.1) is 56.0 Å². The monoisotopic (exact) mass is 926 g/mol. The van der Waals surface area contributed by atoms with Gasteiger partial charge >= 0.3 is 12.4 Å². The van der Waals surface area contributed by atoms with E-state index < -0.39 is 23.5 Å². The topological polar surface area (TPSA) is 35.6 Å². The molecule has 0 aliphatic carbocycles. The lowest BCUT2D eigenvalue weighted by Crippen LogP contribution is -2.12. The molecule has 0 aliphatic heterocycles. The lowest BCUT2D eigenvalue weighted by Gasteiger charge is -2.20. The lowest BCUT2D eigenvalue weighted by atomic mass is 9.95. The molecule has 9 aromatic carbocycles. The Kier molecular flexibility index (Phi) is 10.0. The maximum atomic E-state index is 14.6. The van der Waals surface area contributed by atoms with Crippen molar-refractivity contribution in [2.24, 2.45) is 0 Å². The molecule has 0 N–H and O–H groups in total. The van der Waals surface area contributed by atoms with Crippen LogP contribution in [0.1, 0.15) is 11.1 Å². The van der Waals surface area contributed by atoms with Crippen molar-refractivity contribution in [1.29, 1.82) is 0 Å². The molecule has 4 nitrogen and oxygen atoms in total. The number of fused-ring (bicyclic) bond motifs is 6. The molecular formula is C60H36F6N4. The summed E-state index contributed by atoms with van der Waals surface area (Å²) in [5.74, 6) is 0.546. The van der Waals surface area contributed by atoms with E-state index in [0.717, 1.165) is 83.7 Å². The predicted molar refractivity (Wildman–Crippen MR) is 268 cm³/mol. The molecule has 0 radical (unpaired) electrons. The summed E-state index contributed by atoms with van der Waals surface area (Å²) in [6.45, 7) is 0. The van der Waals surface area contributed by atoms with E-state index in [2.05, 4.69) is 63.7 Å². The van der Waals surface area contributed by atoms with Crippen LogP contribution in [-0.4, -0.2) is 19.1 Å². The molecule has 0 atom stereocenters. The summed E-state index contributed by atoms with van der Waals surface area (Å²) in [6.07, 6.45) is -10.0. The molecule has 0 aliphatic rings. The fourth-order valence-electron chi connectivity index (χ4n) is 9.86. The van der Waals surface area contributed by atoms with Crippen LogP contribution in [0.5, 0.6) is 0 Å². The second-order valence-electron chi connectivity index (χ2n) is 17.2. The van der Waals surface area contributed by atoms with E-state index in [1.54, 1.807) is 18.2 Å². The molecule has 0 amide bonds. The van der Waals surface area contributed by atoms with Crippen LogP contribution in [0.15, 0.2) is 218 Å². The first-order valence-electron chi connectivity index (χ1n) is 22.5. The number of rotatable bonds is 7. The molecule has 10 heteroatoms. The number of benzene rings is 9. The van der Waals surface area contributed by atoms with E-state index in [-0.39, 0.29) is 17.2 Å². The zero-order chi connectivity index (χ0) is 47.7. The van der Waals surface area contributed by atoms with Crippen LogP contribution in [0.2, 0.25) is 0 Å². The Balaban J connectivity index is 1.14. The molecule has 0 bridgehead atoms. The van der Waals surface area contributed by atoms with Gasteiger partial charge in [0.25, 0.3) is 0 Å². The number of hydrogen-bond acceptors (Lipinski definition) is 2. The van der Waals surface area contributed by atoms with Crippen molar-refractivity contribution >= 4 is 43.6 Å². The minimum absolute atomic E-state index is 0.130. The van der Waals surface area contributed by atoms with E-state index in [4.69, 9.17) is 9.97 Å². The van der Waals surface area contributed by atoms with Gasteiger partial charge in [0.2, 0.25) is 0 Å². The number of para-hydroxylation sites is 4. The molecule has 70 heavy (non-hydrogen) atoms. The highest BCUT2D eigenvalue weighted by molar-refractivity contribution is 6.12. The number of nitrogens with zero attached hydrogens (tertiary/aromatic N) is 4. The molecule has 12 rings (SSSR count). The number of alkyl halides is 6. The summed E-state index contributed by atoms with van der Waals surface area (Å²) >= 11 is 0. The highest BCUT2D eigenvalue weighted by atomic mass is 19.4. The van der Waals surface area contributed by atoms with Gasteiger partial charge in [0, 0.05) is 49.4 Å². The van der Waals surface area contributed by atoms with Crippen LogP contribution >= 0.6 is 0 Å². The van der Waals surface area contributed by atoms with Gasteiger partial charge in [0.15, 0.2) is 5.82 Å². The fourth-order valence-corrected chi connectivity index (χ4v) is 9.86.